The van der Waals surface area contributed by atoms with Crippen molar-refractivity contribution in [2.24, 2.45) is 4.99 Å². The maximum absolute atomic E-state index is 12.7. The fourth-order valence-corrected chi connectivity index (χ4v) is 3.53. The van der Waals surface area contributed by atoms with Crippen molar-refractivity contribution >= 4 is 51.0 Å². The predicted molar refractivity (Wildman–Crippen MR) is 108 cm³/mol. The number of nitrogens with one attached hydrogen (secondary N) is 1. The molecule has 0 saturated heterocycles. The minimum Gasteiger partial charge on any atom is -0.453 e. The van der Waals surface area contributed by atoms with E-state index in [2.05, 4.69) is 15.0 Å². The predicted octanol–water partition coefficient (Wildman–Crippen LogP) is 3.34. The van der Waals surface area contributed by atoms with Crippen LogP contribution in [0.3, 0.4) is 0 Å². The number of hydrogen-bond acceptors (Lipinski definition) is 7. The van der Waals surface area contributed by atoms with Gasteiger partial charge in [0.2, 0.25) is 0 Å². The molecule has 0 bridgehead atoms. The molecule has 1 atom stereocenters. The quantitative estimate of drug-likeness (QED) is 0.349. The van der Waals surface area contributed by atoms with Crippen LogP contribution in [0.25, 0.3) is 0 Å². The molecule has 2 rings (SSSR count). The molecular weight excluding hydrogens is 386 g/mol. The number of hydrogen-bond donors (Lipinski definition) is 2. The van der Waals surface area contributed by atoms with Crippen molar-refractivity contribution in [2.75, 3.05) is 19.1 Å². The van der Waals surface area contributed by atoms with E-state index in [9.17, 15) is 13.8 Å². The van der Waals surface area contributed by atoms with Crippen LogP contribution in [0.5, 0.6) is 0 Å². The number of ketones is 1. The molecule has 3 N–H and O–H groups in total. The molecule has 7 nitrogen and oxygen atoms in total. The number of alkyl carbamates (subject to hydrolysis) is 1. The summed E-state index contributed by atoms with van der Waals surface area (Å²) in [6, 6.07) is 11.4. The SMILES string of the molecule is COC(=O)NC(=Nc1ccc(S(=O)c2ccc(C(C)=O)cc2)cc1N)SC. The average Bonchev–Trinajstić information content (AvgIpc) is 2.68. The Morgan fingerprint density at radius 1 is 1.15 bits per heavy atom. The summed E-state index contributed by atoms with van der Waals surface area (Å²) in [5.74, 6) is -0.0519. The zero-order chi connectivity index (χ0) is 20.0. The van der Waals surface area contributed by atoms with Crippen molar-refractivity contribution in [2.45, 2.75) is 16.7 Å². The molecule has 0 spiro atoms. The third-order valence-electron chi connectivity index (χ3n) is 3.50. The maximum atomic E-state index is 12.7. The van der Waals surface area contributed by atoms with E-state index in [1.807, 2.05) is 0 Å². The highest BCUT2D eigenvalue weighted by Crippen LogP contribution is 2.27. The Morgan fingerprint density at radius 2 is 1.78 bits per heavy atom. The van der Waals surface area contributed by atoms with Crippen molar-refractivity contribution in [1.29, 1.82) is 0 Å². The first-order chi connectivity index (χ1) is 12.8. The molecule has 0 aliphatic heterocycles. The Morgan fingerprint density at radius 3 is 2.30 bits per heavy atom. The molecule has 2 aromatic rings. The number of amides is 1. The number of amidine groups is 1. The molecule has 0 aliphatic carbocycles. The molecule has 0 aliphatic rings. The van der Waals surface area contributed by atoms with Crippen molar-refractivity contribution in [3.05, 3.63) is 48.0 Å². The maximum Gasteiger partial charge on any atom is 0.412 e. The van der Waals surface area contributed by atoms with Crippen LogP contribution < -0.4 is 11.1 Å². The van der Waals surface area contributed by atoms with E-state index in [1.54, 1.807) is 48.7 Å². The third-order valence-corrected chi connectivity index (χ3v) is 5.46. The topological polar surface area (TPSA) is 111 Å². The Balaban J connectivity index is 2.26. The first-order valence-corrected chi connectivity index (χ1v) is 10.1. The molecule has 9 heteroatoms. The van der Waals surface area contributed by atoms with Gasteiger partial charge < -0.3 is 10.5 Å². The van der Waals surface area contributed by atoms with Crippen LogP contribution in [0.2, 0.25) is 0 Å². The van der Waals surface area contributed by atoms with Crippen LogP contribution in [0, 0.1) is 0 Å². The van der Waals surface area contributed by atoms with Gasteiger partial charge in [-0.1, -0.05) is 23.9 Å². The number of methoxy groups -OCH3 is 1. The zero-order valence-corrected chi connectivity index (χ0v) is 16.6. The minimum absolute atomic E-state index is 0.0519. The van der Waals surface area contributed by atoms with Gasteiger partial charge in [0.1, 0.15) is 0 Å². The van der Waals surface area contributed by atoms with Gasteiger partial charge in [-0.05, 0) is 43.5 Å². The largest absolute Gasteiger partial charge is 0.453 e. The van der Waals surface area contributed by atoms with E-state index in [0.29, 0.717) is 31.9 Å². The molecule has 1 unspecified atom stereocenters. The highest BCUT2D eigenvalue weighted by molar-refractivity contribution is 8.13. The van der Waals surface area contributed by atoms with Gasteiger partial charge in [-0.2, -0.15) is 0 Å². The molecule has 0 aromatic heterocycles. The van der Waals surface area contributed by atoms with E-state index in [4.69, 9.17) is 5.73 Å². The lowest BCUT2D eigenvalue weighted by molar-refractivity contribution is 0.101. The summed E-state index contributed by atoms with van der Waals surface area (Å²) < 4.78 is 17.2. The zero-order valence-electron chi connectivity index (χ0n) is 15.0. The normalized spacial score (nSPS) is 12.3. The van der Waals surface area contributed by atoms with E-state index < -0.39 is 16.9 Å². The smallest absolute Gasteiger partial charge is 0.412 e. The number of nitrogens with two attached hydrogens (primary N) is 1. The number of ether oxygens (including phenoxy) is 1. The number of thioether (sulfide) groups is 1. The molecule has 0 radical (unpaired) electrons. The molecule has 142 valence electrons. The molecular formula is C18H19N3O4S2. The van der Waals surface area contributed by atoms with Crippen LogP contribution >= 0.6 is 11.8 Å². The molecule has 0 saturated carbocycles. The lowest BCUT2D eigenvalue weighted by Crippen LogP contribution is -2.27. The van der Waals surface area contributed by atoms with Crippen molar-refractivity contribution < 1.29 is 18.5 Å². The standard InChI is InChI=1S/C18H19N3O4S2/c1-11(22)12-4-6-13(7-5-12)27(24)14-8-9-16(15(19)10-14)20-17(26-3)21-18(23)25-2/h4-10H,19H2,1-3H3,(H,20,21,23). The Hall–Kier alpha value is -2.65. The summed E-state index contributed by atoms with van der Waals surface area (Å²) in [6.07, 6.45) is 1.12. The number of Topliss-reactive ketones (excluding diaryl/α,β-unsaturated/α-hetero) is 1. The van der Waals surface area contributed by atoms with E-state index >= 15 is 0 Å². The number of carbonyl (C=O) groups is 2. The molecule has 0 fully saturated rings. The van der Waals surface area contributed by atoms with Crippen LogP contribution in [0.1, 0.15) is 17.3 Å². The lowest BCUT2D eigenvalue weighted by Gasteiger charge is -2.08. The van der Waals surface area contributed by atoms with Crippen molar-refractivity contribution in [1.82, 2.24) is 5.32 Å². The highest BCUT2D eigenvalue weighted by atomic mass is 32.2. The number of anilines is 1. The van der Waals surface area contributed by atoms with Crippen LogP contribution in [0.15, 0.2) is 57.2 Å². The number of nitrogens with zero attached hydrogens (tertiary/aromatic N) is 1. The molecule has 27 heavy (non-hydrogen) atoms. The van der Waals surface area contributed by atoms with Gasteiger partial charge in [0, 0.05) is 15.4 Å². The van der Waals surface area contributed by atoms with Gasteiger partial charge >= 0.3 is 6.09 Å². The number of aliphatic imine (C=N–C) groups is 1. The average molecular weight is 406 g/mol. The Labute approximate surface area is 163 Å². The summed E-state index contributed by atoms with van der Waals surface area (Å²) in [5.41, 5.74) is 7.34. The van der Waals surface area contributed by atoms with Gasteiger partial charge in [0.05, 0.1) is 29.3 Å². The van der Waals surface area contributed by atoms with Crippen LogP contribution in [0.4, 0.5) is 16.2 Å². The van der Waals surface area contributed by atoms with E-state index in [1.165, 1.54) is 25.8 Å². The summed E-state index contributed by atoms with van der Waals surface area (Å²) >= 11 is 1.22. The summed E-state index contributed by atoms with van der Waals surface area (Å²) in [5, 5.41) is 2.80. The van der Waals surface area contributed by atoms with Gasteiger partial charge in [-0.3, -0.25) is 10.1 Å². The second-order valence-corrected chi connectivity index (χ2v) is 7.58. The third kappa shape index (κ3) is 5.41. The monoisotopic (exact) mass is 405 g/mol. The fourth-order valence-electron chi connectivity index (χ4n) is 2.07. The van der Waals surface area contributed by atoms with Crippen molar-refractivity contribution in [3.63, 3.8) is 0 Å². The van der Waals surface area contributed by atoms with E-state index in [-0.39, 0.29) is 5.78 Å². The fraction of sp³-hybridized carbons (Fsp3) is 0.167. The second kappa shape index (κ2) is 9.33. The molecule has 1 amide bonds. The first kappa shape index (κ1) is 20.7. The van der Waals surface area contributed by atoms with E-state index in [0.717, 1.165) is 0 Å². The van der Waals surface area contributed by atoms with Gasteiger partial charge in [0.15, 0.2) is 11.0 Å². The number of nitrogen functional groups attached to an aromatic ring is 1. The second-order valence-electron chi connectivity index (χ2n) is 5.31. The Kier molecular flexibility index (Phi) is 7.14. The van der Waals surface area contributed by atoms with Gasteiger partial charge in [0.25, 0.3) is 0 Å². The summed E-state index contributed by atoms with van der Waals surface area (Å²) in [7, 11) is -0.188. The number of benzene rings is 2. The minimum atomic E-state index is -1.45. The highest BCUT2D eigenvalue weighted by Gasteiger charge is 2.11. The Bertz CT molecular complexity index is 911. The lowest BCUT2D eigenvalue weighted by atomic mass is 10.2. The number of rotatable bonds is 4. The summed E-state index contributed by atoms with van der Waals surface area (Å²) in [4.78, 5) is 28.0. The first-order valence-electron chi connectivity index (χ1n) is 7.75. The molecule has 0 heterocycles. The van der Waals surface area contributed by atoms with Gasteiger partial charge in [-0.15, -0.1) is 0 Å². The van der Waals surface area contributed by atoms with Crippen LogP contribution in [-0.2, 0) is 15.5 Å². The van der Waals surface area contributed by atoms with Crippen LogP contribution in [-0.4, -0.2) is 34.6 Å². The molecule has 2 aromatic carbocycles. The van der Waals surface area contributed by atoms with Gasteiger partial charge in [-0.25, -0.2) is 14.0 Å². The number of carbonyl (C=O) groups excluding carboxylic acids is 2. The van der Waals surface area contributed by atoms with Crippen molar-refractivity contribution in [3.8, 4) is 0 Å². The summed E-state index contributed by atoms with van der Waals surface area (Å²) in [6.45, 7) is 1.48.